The summed E-state index contributed by atoms with van der Waals surface area (Å²) in [5.74, 6) is 5.91. The van der Waals surface area contributed by atoms with Crippen molar-refractivity contribution in [3.05, 3.63) is 34.9 Å². The van der Waals surface area contributed by atoms with Crippen molar-refractivity contribution < 1.29 is 0 Å². The zero-order chi connectivity index (χ0) is 11.1. The number of hydrogen-bond acceptors (Lipinski definition) is 1. The van der Waals surface area contributed by atoms with Gasteiger partial charge in [-0.1, -0.05) is 23.7 Å². The van der Waals surface area contributed by atoms with Crippen LogP contribution in [0.25, 0.3) is 0 Å². The molecule has 1 aromatic carbocycles. The van der Waals surface area contributed by atoms with Crippen LogP contribution in [-0.4, -0.2) is 6.54 Å². The van der Waals surface area contributed by atoms with Crippen LogP contribution in [0, 0.1) is 11.8 Å². The van der Waals surface area contributed by atoms with Crippen molar-refractivity contribution in [2.24, 2.45) is 0 Å². The fraction of sp³-hybridized carbons (Fsp3) is 0.385. The first-order valence-electron chi connectivity index (χ1n) is 5.12. The average Bonchev–Trinajstić information content (AvgIpc) is 2.25. The van der Waals surface area contributed by atoms with Crippen molar-refractivity contribution in [1.29, 1.82) is 0 Å². The Morgan fingerprint density at radius 3 is 2.60 bits per heavy atom. The van der Waals surface area contributed by atoms with E-state index in [1.807, 2.05) is 31.2 Å². The lowest BCUT2D eigenvalue weighted by molar-refractivity contribution is 0.584. The quantitative estimate of drug-likeness (QED) is 0.607. The molecule has 0 radical (unpaired) electrons. The standard InChI is InChI=1S/C13H16ClN/c1-3-4-5-10-15-11(2)12-6-8-13(14)9-7-12/h6-9,11,15H,5,10H2,1-2H3/t11-/m0/s1. The maximum atomic E-state index is 5.82. The lowest BCUT2D eigenvalue weighted by Gasteiger charge is -2.13. The van der Waals surface area contributed by atoms with E-state index in [2.05, 4.69) is 24.1 Å². The van der Waals surface area contributed by atoms with Crippen molar-refractivity contribution in [1.82, 2.24) is 5.32 Å². The highest BCUT2D eigenvalue weighted by Gasteiger charge is 2.02. The molecule has 0 aromatic heterocycles. The SMILES string of the molecule is CC#CCCN[C@@H](C)c1ccc(Cl)cc1. The van der Waals surface area contributed by atoms with E-state index in [1.54, 1.807) is 0 Å². The number of benzene rings is 1. The van der Waals surface area contributed by atoms with E-state index in [-0.39, 0.29) is 0 Å². The second-order valence-electron chi connectivity index (χ2n) is 3.40. The summed E-state index contributed by atoms with van der Waals surface area (Å²) in [7, 11) is 0. The van der Waals surface area contributed by atoms with Gasteiger partial charge in [0.2, 0.25) is 0 Å². The van der Waals surface area contributed by atoms with Crippen LogP contribution in [0.5, 0.6) is 0 Å². The third kappa shape index (κ3) is 4.38. The second-order valence-corrected chi connectivity index (χ2v) is 3.84. The first-order valence-corrected chi connectivity index (χ1v) is 5.50. The van der Waals surface area contributed by atoms with Crippen LogP contribution in [0.2, 0.25) is 5.02 Å². The molecule has 0 fully saturated rings. The molecule has 1 atom stereocenters. The first-order chi connectivity index (χ1) is 7.24. The van der Waals surface area contributed by atoms with Crippen molar-refractivity contribution in [3.63, 3.8) is 0 Å². The molecule has 15 heavy (non-hydrogen) atoms. The lowest BCUT2D eigenvalue weighted by atomic mass is 10.1. The molecular formula is C13H16ClN. The monoisotopic (exact) mass is 221 g/mol. The molecule has 0 aliphatic heterocycles. The lowest BCUT2D eigenvalue weighted by Crippen LogP contribution is -2.19. The van der Waals surface area contributed by atoms with Crippen LogP contribution >= 0.6 is 11.6 Å². The number of rotatable bonds is 4. The summed E-state index contributed by atoms with van der Waals surface area (Å²) in [6, 6.07) is 8.28. The van der Waals surface area contributed by atoms with Crippen molar-refractivity contribution in [3.8, 4) is 11.8 Å². The van der Waals surface area contributed by atoms with E-state index in [1.165, 1.54) is 5.56 Å². The Kier molecular flexibility index (Phi) is 5.25. The van der Waals surface area contributed by atoms with E-state index >= 15 is 0 Å². The van der Waals surface area contributed by atoms with Gasteiger partial charge in [-0.15, -0.1) is 11.8 Å². The fourth-order valence-corrected chi connectivity index (χ4v) is 1.47. The molecule has 2 heteroatoms. The summed E-state index contributed by atoms with van der Waals surface area (Å²) in [4.78, 5) is 0. The average molecular weight is 222 g/mol. The predicted molar refractivity (Wildman–Crippen MR) is 65.9 cm³/mol. The van der Waals surface area contributed by atoms with Gasteiger partial charge >= 0.3 is 0 Å². The van der Waals surface area contributed by atoms with Crippen molar-refractivity contribution >= 4 is 11.6 Å². The third-order valence-corrected chi connectivity index (χ3v) is 2.50. The van der Waals surface area contributed by atoms with E-state index in [9.17, 15) is 0 Å². The van der Waals surface area contributed by atoms with Crippen molar-refractivity contribution in [2.75, 3.05) is 6.54 Å². The topological polar surface area (TPSA) is 12.0 Å². The highest BCUT2D eigenvalue weighted by atomic mass is 35.5. The van der Waals surface area contributed by atoms with Crippen molar-refractivity contribution in [2.45, 2.75) is 26.3 Å². The molecule has 0 aliphatic rings. The summed E-state index contributed by atoms with van der Waals surface area (Å²) >= 11 is 5.82. The highest BCUT2D eigenvalue weighted by Crippen LogP contribution is 2.15. The zero-order valence-corrected chi connectivity index (χ0v) is 9.93. The Balaban J connectivity index is 2.41. The zero-order valence-electron chi connectivity index (χ0n) is 9.18. The summed E-state index contributed by atoms with van der Waals surface area (Å²) in [5.41, 5.74) is 1.25. The maximum Gasteiger partial charge on any atom is 0.0406 e. The van der Waals surface area contributed by atoms with Gasteiger partial charge in [0.05, 0.1) is 0 Å². The van der Waals surface area contributed by atoms with Crippen LogP contribution in [0.4, 0.5) is 0 Å². The fourth-order valence-electron chi connectivity index (χ4n) is 1.35. The molecule has 0 amide bonds. The minimum Gasteiger partial charge on any atom is -0.309 e. The molecule has 0 saturated carbocycles. The minimum absolute atomic E-state index is 0.348. The molecule has 1 rings (SSSR count). The Morgan fingerprint density at radius 1 is 1.33 bits per heavy atom. The predicted octanol–water partition coefficient (Wildman–Crippen LogP) is 3.40. The molecule has 1 nitrogen and oxygen atoms in total. The van der Waals surface area contributed by atoms with Gasteiger partial charge < -0.3 is 5.32 Å². The first kappa shape index (κ1) is 12.1. The minimum atomic E-state index is 0.348. The van der Waals surface area contributed by atoms with Gasteiger partial charge in [-0.05, 0) is 31.5 Å². The third-order valence-electron chi connectivity index (χ3n) is 2.25. The van der Waals surface area contributed by atoms with Crippen LogP contribution < -0.4 is 5.32 Å². The summed E-state index contributed by atoms with van der Waals surface area (Å²) in [6.45, 7) is 4.93. The van der Waals surface area contributed by atoms with Crippen LogP contribution in [-0.2, 0) is 0 Å². The Labute approximate surface area is 96.8 Å². The van der Waals surface area contributed by atoms with Gasteiger partial charge in [0.1, 0.15) is 0 Å². The van der Waals surface area contributed by atoms with Crippen LogP contribution in [0.15, 0.2) is 24.3 Å². The normalized spacial score (nSPS) is 11.7. The molecule has 0 aliphatic carbocycles. The molecular weight excluding hydrogens is 206 g/mol. The smallest absolute Gasteiger partial charge is 0.0406 e. The summed E-state index contributed by atoms with van der Waals surface area (Å²) in [6.07, 6.45) is 0.897. The Hall–Kier alpha value is -0.970. The van der Waals surface area contributed by atoms with E-state index in [0.717, 1.165) is 18.0 Å². The second kappa shape index (κ2) is 6.50. The highest BCUT2D eigenvalue weighted by molar-refractivity contribution is 6.30. The number of nitrogens with one attached hydrogen (secondary N) is 1. The van der Waals surface area contributed by atoms with Gasteiger partial charge in [-0.2, -0.15) is 0 Å². The van der Waals surface area contributed by atoms with Crippen LogP contribution in [0.1, 0.15) is 31.9 Å². The van der Waals surface area contributed by atoms with Gasteiger partial charge in [0.25, 0.3) is 0 Å². The van der Waals surface area contributed by atoms with E-state index in [0.29, 0.717) is 6.04 Å². The summed E-state index contributed by atoms with van der Waals surface area (Å²) in [5, 5.41) is 4.19. The maximum absolute atomic E-state index is 5.82. The van der Waals surface area contributed by atoms with E-state index < -0.39 is 0 Å². The number of hydrogen-bond donors (Lipinski definition) is 1. The van der Waals surface area contributed by atoms with Gasteiger partial charge in [0.15, 0.2) is 0 Å². The van der Waals surface area contributed by atoms with E-state index in [4.69, 9.17) is 11.6 Å². The molecule has 0 unspecified atom stereocenters. The molecule has 0 saturated heterocycles. The summed E-state index contributed by atoms with van der Waals surface area (Å²) < 4.78 is 0. The number of halogens is 1. The Morgan fingerprint density at radius 2 is 2.00 bits per heavy atom. The molecule has 80 valence electrons. The van der Waals surface area contributed by atoms with Gasteiger partial charge in [-0.25, -0.2) is 0 Å². The molecule has 0 heterocycles. The molecule has 1 aromatic rings. The molecule has 1 N–H and O–H groups in total. The molecule has 0 spiro atoms. The largest absolute Gasteiger partial charge is 0.309 e. The molecule has 0 bridgehead atoms. The Bertz CT molecular complexity index is 345. The van der Waals surface area contributed by atoms with Crippen LogP contribution in [0.3, 0.4) is 0 Å². The van der Waals surface area contributed by atoms with Gasteiger partial charge in [0, 0.05) is 24.0 Å². The van der Waals surface area contributed by atoms with Gasteiger partial charge in [-0.3, -0.25) is 0 Å².